The molecule has 1 fully saturated rings. The Morgan fingerprint density at radius 2 is 2.11 bits per heavy atom. The molecule has 2 aliphatic rings. The van der Waals surface area contributed by atoms with E-state index >= 15 is 0 Å². The quantitative estimate of drug-likeness (QED) is 0.747. The van der Waals surface area contributed by atoms with E-state index in [0.29, 0.717) is 31.8 Å². The van der Waals surface area contributed by atoms with E-state index < -0.39 is 0 Å². The second-order valence-corrected chi connectivity index (χ2v) is 4.17. The average Bonchev–Trinajstić information content (AvgIpc) is 2.37. The average molecular weight is 248 g/mol. The molecule has 0 aromatic rings. The van der Waals surface area contributed by atoms with Gasteiger partial charge in [-0.15, -0.1) is 0 Å². The Morgan fingerprint density at radius 3 is 2.72 bits per heavy atom. The van der Waals surface area contributed by atoms with Crippen LogP contribution in [0.5, 0.6) is 0 Å². The van der Waals surface area contributed by atoms with Crippen LogP contribution in [0.25, 0.3) is 0 Å². The van der Waals surface area contributed by atoms with Gasteiger partial charge in [0.05, 0.1) is 12.2 Å². The molecule has 18 heavy (non-hydrogen) atoms. The molecule has 2 amide bonds. The van der Waals surface area contributed by atoms with Crippen LogP contribution in [0.1, 0.15) is 12.8 Å². The Bertz CT molecular complexity index is 440. The molecular weight excluding hydrogens is 232 g/mol. The number of carbonyl (C=O) groups excluding carboxylic acids is 2. The van der Waals surface area contributed by atoms with E-state index in [1.165, 1.54) is 0 Å². The van der Waals surface area contributed by atoms with Crippen molar-refractivity contribution >= 4 is 11.8 Å². The Kier molecular flexibility index (Phi) is 3.50. The van der Waals surface area contributed by atoms with E-state index in [0.717, 1.165) is 5.70 Å². The third-order valence-electron chi connectivity index (χ3n) is 3.12. The van der Waals surface area contributed by atoms with Gasteiger partial charge in [-0.2, -0.15) is 0 Å². The molecule has 1 saturated heterocycles. The molecule has 1 unspecified atom stereocenters. The lowest BCUT2D eigenvalue weighted by molar-refractivity contribution is -0.137. The van der Waals surface area contributed by atoms with Gasteiger partial charge in [0.15, 0.2) is 0 Å². The van der Waals surface area contributed by atoms with Crippen LogP contribution in [0.2, 0.25) is 0 Å². The molecule has 0 aliphatic carbocycles. The highest BCUT2D eigenvalue weighted by Crippen LogP contribution is 2.24. The summed E-state index contributed by atoms with van der Waals surface area (Å²) >= 11 is 0. The standard InChI is InChI=1S/C13H16N2O3/c1-3-9-11(4-2)18-8-7-15(9)10-5-6-12(16)14-13(10)17/h3-4,10H,1-2,5-8H2,(H,14,16,17). The van der Waals surface area contributed by atoms with Gasteiger partial charge in [-0.3, -0.25) is 14.9 Å². The number of allylic oxidation sites excluding steroid dienone is 2. The number of nitrogens with one attached hydrogen (secondary N) is 1. The minimum Gasteiger partial charge on any atom is -0.490 e. The summed E-state index contributed by atoms with van der Waals surface area (Å²) in [5.41, 5.74) is 0.755. The number of imide groups is 1. The maximum absolute atomic E-state index is 11.9. The van der Waals surface area contributed by atoms with Crippen LogP contribution in [0.3, 0.4) is 0 Å². The molecule has 2 heterocycles. The molecule has 0 bridgehead atoms. The zero-order valence-electron chi connectivity index (χ0n) is 10.1. The summed E-state index contributed by atoms with van der Waals surface area (Å²) in [6.45, 7) is 8.52. The lowest BCUT2D eigenvalue weighted by Crippen LogP contribution is -2.53. The molecule has 5 heteroatoms. The van der Waals surface area contributed by atoms with Gasteiger partial charge >= 0.3 is 0 Å². The van der Waals surface area contributed by atoms with Crippen LogP contribution < -0.4 is 5.32 Å². The van der Waals surface area contributed by atoms with Crippen LogP contribution in [-0.4, -0.2) is 35.9 Å². The SMILES string of the molecule is C=CC1=C(C=C)N(C2CCC(=O)NC2=O)CCO1. The highest BCUT2D eigenvalue weighted by Gasteiger charge is 2.34. The van der Waals surface area contributed by atoms with Crippen molar-refractivity contribution in [1.29, 1.82) is 0 Å². The normalized spacial score (nSPS) is 24.4. The van der Waals surface area contributed by atoms with Gasteiger partial charge in [0, 0.05) is 6.42 Å². The topological polar surface area (TPSA) is 58.6 Å². The third-order valence-corrected chi connectivity index (χ3v) is 3.12. The third kappa shape index (κ3) is 2.16. The number of amides is 2. The van der Waals surface area contributed by atoms with Crippen molar-refractivity contribution in [1.82, 2.24) is 10.2 Å². The van der Waals surface area contributed by atoms with Crippen molar-refractivity contribution in [3.05, 3.63) is 36.8 Å². The number of hydrogen-bond donors (Lipinski definition) is 1. The molecule has 2 aliphatic heterocycles. The number of carbonyl (C=O) groups is 2. The molecule has 1 N–H and O–H groups in total. The van der Waals surface area contributed by atoms with Crippen LogP contribution >= 0.6 is 0 Å². The zero-order chi connectivity index (χ0) is 13.1. The maximum Gasteiger partial charge on any atom is 0.249 e. The van der Waals surface area contributed by atoms with E-state index in [1.54, 1.807) is 12.2 Å². The highest BCUT2D eigenvalue weighted by atomic mass is 16.5. The van der Waals surface area contributed by atoms with Crippen molar-refractivity contribution in [3.8, 4) is 0 Å². The van der Waals surface area contributed by atoms with Gasteiger partial charge in [0.2, 0.25) is 11.8 Å². The first-order valence-electron chi connectivity index (χ1n) is 5.89. The maximum atomic E-state index is 11.9. The lowest BCUT2D eigenvalue weighted by Gasteiger charge is -2.38. The first kappa shape index (κ1) is 12.4. The largest absolute Gasteiger partial charge is 0.490 e. The first-order valence-corrected chi connectivity index (χ1v) is 5.89. The number of hydrogen-bond acceptors (Lipinski definition) is 4. The second kappa shape index (κ2) is 5.08. The van der Waals surface area contributed by atoms with Gasteiger partial charge < -0.3 is 9.64 Å². The Morgan fingerprint density at radius 1 is 1.33 bits per heavy atom. The Balaban J connectivity index is 2.26. The van der Waals surface area contributed by atoms with E-state index in [1.807, 2.05) is 4.90 Å². The molecule has 0 aromatic heterocycles. The molecule has 0 aromatic carbocycles. The molecule has 0 radical (unpaired) electrons. The monoisotopic (exact) mass is 248 g/mol. The van der Waals surface area contributed by atoms with Gasteiger partial charge in [0.1, 0.15) is 18.4 Å². The van der Waals surface area contributed by atoms with Crippen LogP contribution in [0.4, 0.5) is 0 Å². The number of rotatable bonds is 3. The van der Waals surface area contributed by atoms with Crippen LogP contribution in [-0.2, 0) is 14.3 Å². The van der Waals surface area contributed by atoms with Crippen molar-refractivity contribution < 1.29 is 14.3 Å². The summed E-state index contributed by atoms with van der Waals surface area (Å²) in [5.74, 6) is 0.162. The fourth-order valence-electron chi connectivity index (χ4n) is 2.27. The molecule has 96 valence electrons. The molecule has 0 spiro atoms. The molecule has 0 saturated carbocycles. The van der Waals surface area contributed by atoms with Gasteiger partial charge in [-0.25, -0.2) is 0 Å². The predicted molar refractivity (Wildman–Crippen MR) is 66.2 cm³/mol. The van der Waals surface area contributed by atoms with Gasteiger partial charge in [-0.1, -0.05) is 13.2 Å². The van der Waals surface area contributed by atoms with E-state index in [2.05, 4.69) is 18.5 Å². The summed E-state index contributed by atoms with van der Waals surface area (Å²) in [6.07, 6.45) is 4.14. The predicted octanol–water partition coefficient (Wildman–Crippen LogP) is 0.707. The van der Waals surface area contributed by atoms with Crippen molar-refractivity contribution in [2.24, 2.45) is 0 Å². The van der Waals surface area contributed by atoms with Crippen LogP contribution in [0, 0.1) is 0 Å². The van der Waals surface area contributed by atoms with E-state index in [9.17, 15) is 9.59 Å². The summed E-state index contributed by atoms with van der Waals surface area (Å²) < 4.78 is 5.46. The lowest BCUT2D eigenvalue weighted by atomic mass is 10.0. The fraction of sp³-hybridized carbons (Fsp3) is 0.385. The number of ether oxygens (including phenoxy) is 1. The highest BCUT2D eigenvalue weighted by molar-refractivity contribution is 6.00. The van der Waals surface area contributed by atoms with Crippen LogP contribution in [0.15, 0.2) is 36.8 Å². The van der Waals surface area contributed by atoms with Crippen molar-refractivity contribution in [2.45, 2.75) is 18.9 Å². The van der Waals surface area contributed by atoms with Gasteiger partial charge in [-0.05, 0) is 18.6 Å². The number of nitrogens with zero attached hydrogens (tertiary/aromatic N) is 1. The molecule has 2 rings (SSSR count). The molecule has 1 atom stereocenters. The summed E-state index contributed by atoms with van der Waals surface area (Å²) in [5, 5.41) is 2.36. The minimum absolute atomic E-state index is 0.211. The smallest absolute Gasteiger partial charge is 0.249 e. The van der Waals surface area contributed by atoms with Crippen molar-refractivity contribution in [2.75, 3.05) is 13.2 Å². The van der Waals surface area contributed by atoms with E-state index in [4.69, 9.17) is 4.74 Å². The molecular formula is C13H16N2O3. The second-order valence-electron chi connectivity index (χ2n) is 4.17. The summed E-state index contributed by atoms with van der Waals surface area (Å²) in [4.78, 5) is 24.9. The summed E-state index contributed by atoms with van der Waals surface area (Å²) in [6, 6.07) is -0.338. The number of piperidine rings is 1. The van der Waals surface area contributed by atoms with Gasteiger partial charge in [0.25, 0.3) is 0 Å². The van der Waals surface area contributed by atoms with E-state index in [-0.39, 0.29) is 17.9 Å². The molecule has 5 nitrogen and oxygen atoms in total. The Labute approximate surface area is 106 Å². The minimum atomic E-state index is -0.338. The van der Waals surface area contributed by atoms with Crippen molar-refractivity contribution in [3.63, 3.8) is 0 Å². The summed E-state index contributed by atoms with van der Waals surface area (Å²) in [7, 11) is 0. The first-order chi connectivity index (χ1) is 8.67. The fourth-order valence-corrected chi connectivity index (χ4v) is 2.27. The Hall–Kier alpha value is -2.04. The zero-order valence-corrected chi connectivity index (χ0v) is 10.1.